The van der Waals surface area contributed by atoms with Crippen LogP contribution >= 0.6 is 0 Å². The Hall–Kier alpha value is 0.688. The number of hydrogen-bond acceptors (Lipinski definition) is 0. The molecule has 1 aliphatic carbocycles. The van der Waals surface area contributed by atoms with Crippen LogP contribution in [0.2, 0.25) is 0 Å². The molecule has 1 unspecified atom stereocenters. The van der Waals surface area contributed by atoms with E-state index in [1.54, 1.807) is 5.92 Å². The average molecular weight is 280 g/mol. The third-order valence-corrected chi connectivity index (χ3v) is 1.24. The van der Waals surface area contributed by atoms with Crippen LogP contribution in [-0.2, 0) is 21.1 Å². The van der Waals surface area contributed by atoms with Crippen molar-refractivity contribution in [2.75, 3.05) is 0 Å². The maximum absolute atomic E-state index is 3.90. The third kappa shape index (κ3) is 3.66. The van der Waals surface area contributed by atoms with Gasteiger partial charge in [-0.15, -0.1) is 0 Å². The molecule has 0 aromatic rings. The summed E-state index contributed by atoms with van der Waals surface area (Å²) in [6.07, 6.45) is 4.06. The van der Waals surface area contributed by atoms with E-state index in [2.05, 4.69) is 13.8 Å². The van der Waals surface area contributed by atoms with Crippen LogP contribution in [0.1, 0.15) is 26.2 Å². The summed E-state index contributed by atoms with van der Waals surface area (Å²) in [5.41, 5.74) is 0. The smallest absolute Gasteiger partial charge is 0.343 e. The van der Waals surface area contributed by atoms with Crippen molar-refractivity contribution in [2.45, 2.75) is 26.2 Å². The third-order valence-electron chi connectivity index (χ3n) is 1.24. The van der Waals surface area contributed by atoms with E-state index in [4.69, 9.17) is 0 Å². The fourth-order valence-corrected chi connectivity index (χ4v) is 0.785. The van der Waals surface area contributed by atoms with Crippen molar-refractivity contribution in [3.8, 4) is 0 Å². The van der Waals surface area contributed by atoms with Gasteiger partial charge in [-0.3, -0.25) is 0 Å². The molecule has 0 spiro atoms. The van der Waals surface area contributed by atoms with Gasteiger partial charge >= 0.3 is 21.1 Å². The molecule has 46 valence electrons. The molecule has 8 heavy (non-hydrogen) atoms. The molecule has 0 amide bonds. The summed E-state index contributed by atoms with van der Waals surface area (Å²) in [5, 5.41) is 0. The summed E-state index contributed by atoms with van der Waals surface area (Å²) in [5.74, 6) is 2.38. The fourth-order valence-electron chi connectivity index (χ4n) is 0.785. The van der Waals surface area contributed by atoms with E-state index in [9.17, 15) is 0 Å². The Morgan fingerprint density at radius 1 is 1.62 bits per heavy atom. The van der Waals surface area contributed by atoms with E-state index in [-0.39, 0.29) is 21.1 Å². The zero-order valence-corrected chi connectivity index (χ0v) is 8.25. The fraction of sp³-hybridized carbons (Fsp3) is 0.714. The summed E-state index contributed by atoms with van der Waals surface area (Å²) < 4.78 is 0. The predicted molar refractivity (Wildman–Crippen MR) is 31.6 cm³/mol. The van der Waals surface area contributed by atoms with Crippen LogP contribution in [0.3, 0.4) is 0 Å². The average Bonchev–Trinajstić information content (AvgIpc) is 2.17. The molecule has 1 aliphatic rings. The van der Waals surface area contributed by atoms with Crippen LogP contribution in [0.25, 0.3) is 0 Å². The summed E-state index contributed by atoms with van der Waals surface area (Å²) in [6, 6.07) is 0. The molecule has 0 aromatic heterocycles. The van der Waals surface area contributed by atoms with E-state index in [0.717, 1.165) is 0 Å². The minimum atomic E-state index is 0. The van der Waals surface area contributed by atoms with Crippen LogP contribution in [0.4, 0.5) is 0 Å². The minimum absolute atomic E-state index is 0. The first-order valence-corrected chi connectivity index (χ1v) is 2.95. The molecule has 0 nitrogen and oxygen atoms in total. The van der Waals surface area contributed by atoms with Crippen LogP contribution in [0.5, 0.6) is 0 Å². The van der Waals surface area contributed by atoms with Gasteiger partial charge in [0.05, 0.1) is 0 Å². The van der Waals surface area contributed by atoms with Crippen molar-refractivity contribution in [2.24, 2.45) is 5.92 Å². The van der Waals surface area contributed by atoms with Crippen LogP contribution in [-0.4, -0.2) is 0 Å². The van der Waals surface area contributed by atoms with Crippen LogP contribution in [0.15, 0.2) is 0 Å². The zero-order chi connectivity index (χ0) is 5.28. The molecule has 0 N–H and O–H groups in total. The Labute approximate surface area is 66.3 Å². The first-order chi connectivity index (χ1) is 3.29. The molecule has 1 heteroatoms. The molecule has 0 radical (unpaired) electrons. The quantitative estimate of drug-likeness (QED) is 0.680. The van der Waals surface area contributed by atoms with Gasteiger partial charge in [-0.25, -0.2) is 19.3 Å². The molecule has 1 atom stereocenters. The van der Waals surface area contributed by atoms with Gasteiger partial charge in [0, 0.05) is 0 Å². The van der Waals surface area contributed by atoms with Crippen molar-refractivity contribution >= 4 is 0 Å². The van der Waals surface area contributed by atoms with Gasteiger partial charge in [0.1, 0.15) is 0 Å². The maximum atomic E-state index is 3.90. The van der Waals surface area contributed by atoms with Gasteiger partial charge < -0.3 is 12.8 Å². The first kappa shape index (κ1) is 8.69. The van der Waals surface area contributed by atoms with Gasteiger partial charge in [0.15, 0.2) is 0 Å². The SMILES string of the molecule is [CH2-]C(C)C[C-]1CC1.[W+2]. The second-order valence-corrected chi connectivity index (χ2v) is 2.56. The van der Waals surface area contributed by atoms with Crippen molar-refractivity contribution < 1.29 is 21.1 Å². The minimum Gasteiger partial charge on any atom is -0.343 e. The van der Waals surface area contributed by atoms with E-state index in [1.165, 1.54) is 19.3 Å². The maximum Gasteiger partial charge on any atom is 2.00 e. The van der Waals surface area contributed by atoms with E-state index in [0.29, 0.717) is 5.92 Å². The number of hydrogen-bond donors (Lipinski definition) is 0. The monoisotopic (exact) mass is 280 g/mol. The normalized spacial score (nSPS) is 21.8. The molecule has 0 aliphatic heterocycles. The second-order valence-electron chi connectivity index (χ2n) is 2.56. The van der Waals surface area contributed by atoms with Gasteiger partial charge in [-0.2, -0.15) is 5.92 Å². The Kier molecular flexibility index (Phi) is 3.98. The van der Waals surface area contributed by atoms with Crippen molar-refractivity contribution in [1.29, 1.82) is 0 Å². The molecule has 1 saturated carbocycles. The summed E-state index contributed by atoms with van der Waals surface area (Å²) in [6.45, 7) is 6.07. The van der Waals surface area contributed by atoms with Gasteiger partial charge in [-0.05, 0) is 0 Å². The molecule has 0 saturated heterocycles. The molecular formula is C7H12W. The summed E-state index contributed by atoms with van der Waals surface area (Å²) >= 11 is 0. The Bertz CT molecular complexity index is 55.4. The van der Waals surface area contributed by atoms with Gasteiger partial charge in [0.2, 0.25) is 0 Å². The van der Waals surface area contributed by atoms with E-state index in [1.807, 2.05) is 0 Å². The largest absolute Gasteiger partial charge is 2.00 e. The standard InChI is InChI=1S/C7H12.W/c1-6(2)5-7-3-4-7;/h6H,1,3-5H2,2H3;/q-2;+2. The zero-order valence-electron chi connectivity index (χ0n) is 5.31. The Morgan fingerprint density at radius 2 is 2.12 bits per heavy atom. The molecule has 0 bridgehead atoms. The van der Waals surface area contributed by atoms with E-state index >= 15 is 0 Å². The summed E-state index contributed by atoms with van der Waals surface area (Å²) in [4.78, 5) is 0. The summed E-state index contributed by atoms with van der Waals surface area (Å²) in [7, 11) is 0. The van der Waals surface area contributed by atoms with Crippen molar-refractivity contribution in [1.82, 2.24) is 0 Å². The van der Waals surface area contributed by atoms with Crippen LogP contribution in [0, 0.1) is 18.8 Å². The van der Waals surface area contributed by atoms with Gasteiger partial charge in [0.25, 0.3) is 0 Å². The Balaban J connectivity index is 0.000000490. The van der Waals surface area contributed by atoms with Crippen molar-refractivity contribution in [3.05, 3.63) is 12.8 Å². The molecule has 1 fully saturated rings. The Morgan fingerprint density at radius 3 is 2.25 bits per heavy atom. The molecule has 0 heterocycles. The van der Waals surface area contributed by atoms with E-state index < -0.39 is 0 Å². The second kappa shape index (κ2) is 3.66. The molecule has 0 aromatic carbocycles. The topological polar surface area (TPSA) is 0 Å². The van der Waals surface area contributed by atoms with Gasteiger partial charge in [-0.1, -0.05) is 6.92 Å². The van der Waals surface area contributed by atoms with Crippen molar-refractivity contribution in [3.63, 3.8) is 0 Å². The predicted octanol–water partition coefficient (Wildman–Crippen LogP) is 2.21. The first-order valence-electron chi connectivity index (χ1n) is 2.95. The number of rotatable bonds is 2. The van der Waals surface area contributed by atoms with Crippen LogP contribution < -0.4 is 0 Å². The molecule has 1 rings (SSSR count). The molecular weight excluding hydrogens is 268 g/mol.